The highest BCUT2D eigenvalue weighted by molar-refractivity contribution is 7.10. The summed E-state index contributed by atoms with van der Waals surface area (Å²) in [5, 5.41) is 23.0. The summed E-state index contributed by atoms with van der Waals surface area (Å²) < 4.78 is 1.39. The summed E-state index contributed by atoms with van der Waals surface area (Å²) in [5.41, 5.74) is -0.0114. The van der Waals surface area contributed by atoms with Crippen molar-refractivity contribution in [3.8, 4) is 12.1 Å². The average molecular weight is 327 g/mol. The van der Waals surface area contributed by atoms with Crippen molar-refractivity contribution in [3.05, 3.63) is 40.1 Å². The van der Waals surface area contributed by atoms with Crippen molar-refractivity contribution in [2.75, 3.05) is 0 Å². The molecule has 0 saturated heterocycles. The van der Waals surface area contributed by atoms with E-state index in [0.717, 1.165) is 4.88 Å². The molecule has 2 aromatic heterocycles. The fraction of sp³-hybridized carbons (Fsp3) is 0.375. The SMILES string of the molecule is CC(C)(C)[C@H](NC(=O)Cn1cnc(C#N)c1C#N)c1cccs1. The molecule has 0 bridgehead atoms. The highest BCUT2D eigenvalue weighted by Gasteiger charge is 2.28. The molecule has 0 aliphatic heterocycles. The van der Waals surface area contributed by atoms with E-state index in [9.17, 15) is 4.79 Å². The summed E-state index contributed by atoms with van der Waals surface area (Å²) in [6, 6.07) is 7.57. The normalized spacial score (nSPS) is 12.2. The van der Waals surface area contributed by atoms with Gasteiger partial charge in [-0.2, -0.15) is 10.5 Å². The van der Waals surface area contributed by atoms with E-state index in [1.807, 2.05) is 29.7 Å². The van der Waals surface area contributed by atoms with Crippen LogP contribution in [0.2, 0.25) is 0 Å². The fourth-order valence-electron chi connectivity index (χ4n) is 2.23. The third-order valence-corrected chi connectivity index (χ3v) is 4.30. The summed E-state index contributed by atoms with van der Waals surface area (Å²) in [5.74, 6) is -0.225. The molecule has 2 heterocycles. The van der Waals surface area contributed by atoms with Gasteiger partial charge in [0, 0.05) is 4.88 Å². The van der Waals surface area contributed by atoms with Gasteiger partial charge < -0.3 is 9.88 Å². The molecule has 7 heteroatoms. The number of nitrogens with one attached hydrogen (secondary N) is 1. The zero-order chi connectivity index (χ0) is 17.0. The Morgan fingerprint density at radius 2 is 2.17 bits per heavy atom. The number of hydrogen-bond acceptors (Lipinski definition) is 5. The second kappa shape index (κ2) is 6.64. The van der Waals surface area contributed by atoms with Crippen LogP contribution >= 0.6 is 11.3 Å². The number of rotatable bonds is 4. The van der Waals surface area contributed by atoms with Crippen LogP contribution in [0.3, 0.4) is 0 Å². The van der Waals surface area contributed by atoms with Gasteiger partial charge in [-0.1, -0.05) is 26.8 Å². The minimum absolute atomic E-state index is 0.0333. The van der Waals surface area contributed by atoms with Gasteiger partial charge in [0.15, 0.2) is 11.4 Å². The van der Waals surface area contributed by atoms with E-state index in [2.05, 4.69) is 31.1 Å². The fourth-order valence-corrected chi connectivity index (χ4v) is 3.25. The quantitative estimate of drug-likeness (QED) is 0.933. The molecule has 0 aliphatic rings. The lowest BCUT2D eigenvalue weighted by atomic mass is 9.85. The number of thiophene rings is 1. The molecule has 23 heavy (non-hydrogen) atoms. The monoisotopic (exact) mass is 327 g/mol. The topological polar surface area (TPSA) is 94.5 Å². The Kier molecular flexibility index (Phi) is 4.83. The van der Waals surface area contributed by atoms with Crippen LogP contribution in [0.5, 0.6) is 0 Å². The molecule has 2 aromatic rings. The molecule has 0 aromatic carbocycles. The van der Waals surface area contributed by atoms with Crippen LogP contribution in [0.1, 0.15) is 43.1 Å². The van der Waals surface area contributed by atoms with Crippen molar-refractivity contribution < 1.29 is 4.79 Å². The third kappa shape index (κ3) is 3.77. The van der Waals surface area contributed by atoms with Gasteiger partial charge in [-0.15, -0.1) is 11.3 Å². The molecule has 2 rings (SSSR count). The molecule has 0 spiro atoms. The van der Waals surface area contributed by atoms with E-state index >= 15 is 0 Å². The second-order valence-corrected chi connectivity index (χ2v) is 7.15. The molecule has 0 fully saturated rings. The number of imidazole rings is 1. The van der Waals surface area contributed by atoms with E-state index in [4.69, 9.17) is 10.5 Å². The molecule has 0 radical (unpaired) electrons. The Balaban J connectivity index is 2.17. The van der Waals surface area contributed by atoms with E-state index in [1.165, 1.54) is 10.9 Å². The van der Waals surface area contributed by atoms with Gasteiger partial charge >= 0.3 is 0 Å². The number of carbonyl (C=O) groups is 1. The molecule has 1 N–H and O–H groups in total. The first-order chi connectivity index (χ1) is 10.9. The van der Waals surface area contributed by atoms with Crippen molar-refractivity contribution in [2.24, 2.45) is 5.41 Å². The van der Waals surface area contributed by atoms with Gasteiger partial charge in [0.2, 0.25) is 5.91 Å². The van der Waals surface area contributed by atoms with Crippen molar-refractivity contribution in [3.63, 3.8) is 0 Å². The zero-order valence-electron chi connectivity index (χ0n) is 13.2. The van der Waals surface area contributed by atoms with Gasteiger partial charge in [-0.25, -0.2) is 4.98 Å². The van der Waals surface area contributed by atoms with Gasteiger partial charge in [0.05, 0.1) is 12.4 Å². The first-order valence-corrected chi connectivity index (χ1v) is 7.93. The van der Waals surface area contributed by atoms with Gasteiger partial charge in [0.1, 0.15) is 18.7 Å². The Morgan fingerprint density at radius 3 is 2.70 bits per heavy atom. The number of carbonyl (C=O) groups excluding carboxylic acids is 1. The second-order valence-electron chi connectivity index (χ2n) is 6.18. The van der Waals surface area contributed by atoms with Gasteiger partial charge in [-0.3, -0.25) is 4.79 Å². The highest BCUT2D eigenvalue weighted by atomic mass is 32.1. The van der Waals surface area contributed by atoms with Crippen molar-refractivity contribution >= 4 is 17.2 Å². The summed E-state index contributed by atoms with van der Waals surface area (Å²) in [6.45, 7) is 6.13. The Hall–Kier alpha value is -2.64. The van der Waals surface area contributed by atoms with Crippen molar-refractivity contribution in [1.29, 1.82) is 10.5 Å². The summed E-state index contributed by atoms with van der Waals surface area (Å²) >= 11 is 1.59. The van der Waals surface area contributed by atoms with Gasteiger partial charge in [-0.05, 0) is 16.9 Å². The molecule has 6 nitrogen and oxygen atoms in total. The number of hydrogen-bond donors (Lipinski definition) is 1. The van der Waals surface area contributed by atoms with Crippen LogP contribution in [0, 0.1) is 28.1 Å². The Bertz CT molecular complexity index is 771. The van der Waals surface area contributed by atoms with Gasteiger partial charge in [0.25, 0.3) is 0 Å². The van der Waals surface area contributed by atoms with Crippen LogP contribution in [0.25, 0.3) is 0 Å². The Morgan fingerprint density at radius 1 is 1.43 bits per heavy atom. The molecule has 118 valence electrons. The zero-order valence-corrected chi connectivity index (χ0v) is 14.0. The molecular weight excluding hydrogens is 310 g/mol. The maximum atomic E-state index is 12.4. The van der Waals surface area contributed by atoms with E-state index in [-0.39, 0.29) is 35.3 Å². The van der Waals surface area contributed by atoms with Crippen molar-refractivity contribution in [1.82, 2.24) is 14.9 Å². The minimum Gasteiger partial charge on any atom is -0.346 e. The lowest BCUT2D eigenvalue weighted by molar-refractivity contribution is -0.123. The molecular formula is C16H17N5OS. The van der Waals surface area contributed by atoms with E-state index < -0.39 is 0 Å². The van der Waals surface area contributed by atoms with Crippen LogP contribution in [-0.2, 0) is 11.3 Å². The summed E-state index contributed by atoms with van der Waals surface area (Å²) in [4.78, 5) is 17.3. The van der Waals surface area contributed by atoms with Crippen LogP contribution < -0.4 is 5.32 Å². The predicted octanol–water partition coefficient (Wildman–Crippen LogP) is 2.59. The van der Waals surface area contributed by atoms with Crippen molar-refractivity contribution in [2.45, 2.75) is 33.4 Å². The predicted molar refractivity (Wildman–Crippen MR) is 86.3 cm³/mol. The number of nitriles is 2. The summed E-state index contributed by atoms with van der Waals surface area (Å²) in [6.07, 6.45) is 1.34. The number of aromatic nitrogens is 2. The lowest BCUT2D eigenvalue weighted by Gasteiger charge is -2.30. The minimum atomic E-state index is -0.225. The maximum Gasteiger partial charge on any atom is 0.240 e. The smallest absolute Gasteiger partial charge is 0.240 e. The molecule has 0 aliphatic carbocycles. The van der Waals surface area contributed by atoms with Crippen LogP contribution in [0.4, 0.5) is 0 Å². The molecule has 0 unspecified atom stereocenters. The first-order valence-electron chi connectivity index (χ1n) is 7.05. The lowest BCUT2D eigenvalue weighted by Crippen LogP contribution is -2.38. The highest BCUT2D eigenvalue weighted by Crippen LogP contribution is 2.35. The number of amides is 1. The molecule has 0 saturated carbocycles. The average Bonchev–Trinajstić information content (AvgIpc) is 3.12. The first kappa shape index (κ1) is 16.7. The summed E-state index contributed by atoms with van der Waals surface area (Å²) in [7, 11) is 0. The maximum absolute atomic E-state index is 12.4. The molecule has 1 atom stereocenters. The standard InChI is InChI=1S/C16H17N5OS/c1-16(2,3)15(13-5-4-6-23-13)20-14(22)9-21-10-19-11(7-17)12(21)8-18/h4-6,10,15H,9H2,1-3H3,(H,20,22)/t15-/m1/s1. The van der Waals surface area contributed by atoms with E-state index in [1.54, 1.807) is 11.3 Å². The largest absolute Gasteiger partial charge is 0.346 e. The van der Waals surface area contributed by atoms with E-state index in [0.29, 0.717) is 0 Å². The van der Waals surface area contributed by atoms with Crippen LogP contribution in [0.15, 0.2) is 23.8 Å². The Labute approximate surface area is 139 Å². The molecule has 1 amide bonds. The third-order valence-electron chi connectivity index (χ3n) is 3.36. The van der Waals surface area contributed by atoms with Crippen LogP contribution in [-0.4, -0.2) is 15.5 Å². The number of nitrogens with zero attached hydrogens (tertiary/aromatic N) is 4.